The van der Waals surface area contributed by atoms with Crippen LogP contribution in [-0.4, -0.2) is 36.8 Å². The normalized spacial score (nSPS) is 19.9. The maximum absolute atomic E-state index is 11.9. The minimum Gasteiger partial charge on any atom is -0.392 e. The molecule has 0 aromatic heterocycles. The lowest BCUT2D eigenvalue weighted by molar-refractivity contribution is -0.120. The Bertz CT molecular complexity index is 389. The Balaban J connectivity index is 1.96. The average molecular weight is 236 g/mol. The molecule has 92 valence electrons. The van der Waals surface area contributed by atoms with Crippen molar-refractivity contribution in [3.63, 3.8) is 0 Å². The number of anilines is 1. The molecule has 0 bridgehead atoms. The van der Waals surface area contributed by atoms with Crippen LogP contribution in [0.3, 0.4) is 0 Å². The van der Waals surface area contributed by atoms with Gasteiger partial charge in [-0.25, -0.2) is 0 Å². The number of carbonyl (C=O) groups excluding carboxylic acids is 1. The largest absolute Gasteiger partial charge is 0.392 e. The number of benzene rings is 1. The van der Waals surface area contributed by atoms with Gasteiger partial charge in [-0.2, -0.15) is 0 Å². The molecule has 1 fully saturated rings. The Labute approximate surface area is 99.8 Å². The monoisotopic (exact) mass is 236 g/mol. The summed E-state index contributed by atoms with van der Waals surface area (Å²) >= 11 is 0. The van der Waals surface area contributed by atoms with Gasteiger partial charge in [0, 0.05) is 12.2 Å². The van der Waals surface area contributed by atoms with E-state index in [2.05, 4.69) is 10.6 Å². The first-order valence-electron chi connectivity index (χ1n) is 5.61. The van der Waals surface area contributed by atoms with Crippen molar-refractivity contribution >= 4 is 11.6 Å². The maximum Gasteiger partial charge on any atom is 0.243 e. The molecule has 0 saturated carbocycles. The molecule has 0 spiro atoms. The SMILES string of the molecule is O=C(Nc1cccc(CO)c1)C1COCCN1. The lowest BCUT2D eigenvalue weighted by Crippen LogP contribution is -2.48. The van der Waals surface area contributed by atoms with Crippen molar-refractivity contribution in [1.29, 1.82) is 0 Å². The summed E-state index contributed by atoms with van der Waals surface area (Å²) in [6.45, 7) is 1.69. The molecule has 1 heterocycles. The Morgan fingerprint density at radius 3 is 3.18 bits per heavy atom. The van der Waals surface area contributed by atoms with Gasteiger partial charge in [0.2, 0.25) is 5.91 Å². The highest BCUT2D eigenvalue weighted by molar-refractivity contribution is 5.95. The third-order valence-corrected chi connectivity index (χ3v) is 2.62. The topological polar surface area (TPSA) is 70.6 Å². The summed E-state index contributed by atoms with van der Waals surface area (Å²) in [7, 11) is 0. The van der Waals surface area contributed by atoms with Gasteiger partial charge in [-0.05, 0) is 17.7 Å². The van der Waals surface area contributed by atoms with E-state index in [0.717, 1.165) is 5.56 Å². The number of aliphatic hydroxyl groups is 1. The number of nitrogens with one attached hydrogen (secondary N) is 2. The summed E-state index contributed by atoms with van der Waals surface area (Å²) in [6, 6.07) is 6.84. The fourth-order valence-corrected chi connectivity index (χ4v) is 1.71. The molecule has 5 nitrogen and oxygen atoms in total. The second-order valence-corrected chi connectivity index (χ2v) is 3.93. The number of amides is 1. The quantitative estimate of drug-likeness (QED) is 0.696. The number of rotatable bonds is 3. The second-order valence-electron chi connectivity index (χ2n) is 3.93. The number of aliphatic hydroxyl groups excluding tert-OH is 1. The van der Waals surface area contributed by atoms with Crippen LogP contribution >= 0.6 is 0 Å². The van der Waals surface area contributed by atoms with Gasteiger partial charge >= 0.3 is 0 Å². The van der Waals surface area contributed by atoms with Crippen LogP contribution in [0.5, 0.6) is 0 Å². The minimum atomic E-state index is -0.304. The van der Waals surface area contributed by atoms with Crippen molar-refractivity contribution in [3.05, 3.63) is 29.8 Å². The Morgan fingerprint density at radius 2 is 2.47 bits per heavy atom. The van der Waals surface area contributed by atoms with Crippen molar-refractivity contribution in [2.24, 2.45) is 0 Å². The van der Waals surface area contributed by atoms with Gasteiger partial charge in [-0.3, -0.25) is 4.79 Å². The summed E-state index contributed by atoms with van der Waals surface area (Å²) in [5, 5.41) is 14.9. The highest BCUT2D eigenvalue weighted by Crippen LogP contribution is 2.11. The molecule has 1 aromatic rings. The van der Waals surface area contributed by atoms with E-state index in [9.17, 15) is 4.79 Å². The van der Waals surface area contributed by atoms with Crippen molar-refractivity contribution < 1.29 is 14.6 Å². The van der Waals surface area contributed by atoms with Gasteiger partial charge in [-0.1, -0.05) is 12.1 Å². The van der Waals surface area contributed by atoms with E-state index in [-0.39, 0.29) is 18.6 Å². The maximum atomic E-state index is 11.9. The average Bonchev–Trinajstić information content (AvgIpc) is 2.40. The lowest BCUT2D eigenvalue weighted by atomic mass is 10.2. The molecule has 0 aliphatic carbocycles. The van der Waals surface area contributed by atoms with E-state index in [1.165, 1.54) is 0 Å². The first-order valence-corrected chi connectivity index (χ1v) is 5.61. The highest BCUT2D eigenvalue weighted by Gasteiger charge is 2.20. The molecule has 2 rings (SSSR count). The summed E-state index contributed by atoms with van der Waals surface area (Å²) in [5.74, 6) is -0.111. The van der Waals surface area contributed by atoms with Crippen LogP contribution in [-0.2, 0) is 16.1 Å². The van der Waals surface area contributed by atoms with Crippen LogP contribution < -0.4 is 10.6 Å². The molecule has 1 aromatic carbocycles. The molecule has 3 N–H and O–H groups in total. The van der Waals surface area contributed by atoms with E-state index >= 15 is 0 Å². The van der Waals surface area contributed by atoms with Crippen molar-refractivity contribution in [3.8, 4) is 0 Å². The molecule has 1 amide bonds. The number of hydrogen-bond donors (Lipinski definition) is 3. The van der Waals surface area contributed by atoms with E-state index in [1.54, 1.807) is 24.3 Å². The molecule has 1 unspecified atom stereocenters. The van der Waals surface area contributed by atoms with E-state index in [1.807, 2.05) is 0 Å². The van der Waals surface area contributed by atoms with Crippen molar-refractivity contribution in [2.75, 3.05) is 25.1 Å². The zero-order valence-corrected chi connectivity index (χ0v) is 9.48. The number of hydrogen-bond acceptors (Lipinski definition) is 4. The molecule has 1 aliphatic rings. The van der Waals surface area contributed by atoms with Gasteiger partial charge in [-0.15, -0.1) is 0 Å². The second kappa shape index (κ2) is 5.77. The molecular weight excluding hydrogens is 220 g/mol. The number of ether oxygens (including phenoxy) is 1. The minimum absolute atomic E-state index is 0.0332. The summed E-state index contributed by atoms with van der Waals surface area (Å²) in [4.78, 5) is 11.9. The summed E-state index contributed by atoms with van der Waals surface area (Å²) in [6.07, 6.45) is 0. The van der Waals surface area contributed by atoms with Gasteiger partial charge in [0.15, 0.2) is 0 Å². The van der Waals surface area contributed by atoms with E-state index < -0.39 is 0 Å². The van der Waals surface area contributed by atoms with E-state index in [4.69, 9.17) is 9.84 Å². The van der Waals surface area contributed by atoms with Crippen LogP contribution in [0, 0.1) is 0 Å². The smallest absolute Gasteiger partial charge is 0.243 e. The molecule has 0 radical (unpaired) electrons. The van der Waals surface area contributed by atoms with Crippen molar-refractivity contribution in [2.45, 2.75) is 12.6 Å². The van der Waals surface area contributed by atoms with Crippen LogP contribution in [0.1, 0.15) is 5.56 Å². The lowest BCUT2D eigenvalue weighted by Gasteiger charge is -2.22. The molecule has 1 aliphatic heterocycles. The van der Waals surface area contributed by atoms with Crippen LogP contribution in [0.2, 0.25) is 0 Å². The first-order chi connectivity index (χ1) is 8.29. The molecule has 5 heteroatoms. The Morgan fingerprint density at radius 1 is 1.59 bits per heavy atom. The number of carbonyl (C=O) groups is 1. The fourth-order valence-electron chi connectivity index (χ4n) is 1.71. The Hall–Kier alpha value is -1.43. The third kappa shape index (κ3) is 3.26. The van der Waals surface area contributed by atoms with Crippen LogP contribution in [0.4, 0.5) is 5.69 Å². The summed E-state index contributed by atoms with van der Waals surface area (Å²) in [5.41, 5.74) is 1.46. The molecule has 17 heavy (non-hydrogen) atoms. The van der Waals surface area contributed by atoms with Gasteiger partial charge in [0.05, 0.1) is 19.8 Å². The fraction of sp³-hybridized carbons (Fsp3) is 0.417. The molecule has 1 saturated heterocycles. The number of morpholine rings is 1. The third-order valence-electron chi connectivity index (χ3n) is 2.62. The van der Waals surface area contributed by atoms with Crippen LogP contribution in [0.15, 0.2) is 24.3 Å². The highest BCUT2D eigenvalue weighted by atomic mass is 16.5. The van der Waals surface area contributed by atoms with Crippen LogP contribution in [0.25, 0.3) is 0 Å². The zero-order valence-electron chi connectivity index (χ0n) is 9.48. The van der Waals surface area contributed by atoms with E-state index in [0.29, 0.717) is 25.4 Å². The van der Waals surface area contributed by atoms with Gasteiger partial charge in [0.25, 0.3) is 0 Å². The van der Waals surface area contributed by atoms with Gasteiger partial charge < -0.3 is 20.5 Å². The summed E-state index contributed by atoms with van der Waals surface area (Å²) < 4.78 is 5.22. The standard InChI is InChI=1S/C12H16N2O3/c15-7-9-2-1-3-10(6-9)14-12(16)11-8-17-5-4-13-11/h1-3,6,11,13,15H,4-5,7-8H2,(H,14,16). The first kappa shape index (κ1) is 12.0. The molecule has 1 atom stereocenters. The van der Waals surface area contributed by atoms with Crippen molar-refractivity contribution in [1.82, 2.24) is 5.32 Å². The zero-order chi connectivity index (χ0) is 12.1. The predicted octanol–water partition coefficient (Wildman–Crippen LogP) is 0.106. The predicted molar refractivity (Wildman–Crippen MR) is 63.6 cm³/mol. The molecular formula is C12H16N2O3. The van der Waals surface area contributed by atoms with Gasteiger partial charge in [0.1, 0.15) is 6.04 Å². The Kier molecular flexibility index (Phi) is 4.08.